The van der Waals surface area contributed by atoms with E-state index in [2.05, 4.69) is 45.1 Å². The van der Waals surface area contributed by atoms with Gasteiger partial charge in [-0.15, -0.1) is 0 Å². The Morgan fingerprint density at radius 3 is 2.64 bits per heavy atom. The van der Waals surface area contributed by atoms with Crippen molar-refractivity contribution in [1.29, 1.82) is 0 Å². The maximum absolute atomic E-state index is 13.4. The van der Waals surface area contributed by atoms with E-state index in [1.807, 2.05) is 6.07 Å². The molecule has 116 valence electrons. The second-order valence-electron chi connectivity index (χ2n) is 5.94. The second-order valence-corrected chi connectivity index (χ2v) is 6.80. The molecule has 1 aliphatic rings. The zero-order valence-electron chi connectivity index (χ0n) is 12.4. The highest BCUT2D eigenvalue weighted by Crippen LogP contribution is 2.33. The Balaban J connectivity index is 1.76. The molecule has 0 aromatic heterocycles. The molecule has 2 aromatic carbocycles. The highest BCUT2D eigenvalue weighted by molar-refractivity contribution is 9.10. The fraction of sp³-hybridized carbons (Fsp3) is 0.333. The molecule has 22 heavy (non-hydrogen) atoms. The first-order valence-electron chi connectivity index (χ1n) is 7.58. The molecule has 0 radical (unpaired) electrons. The average molecular weight is 363 g/mol. The van der Waals surface area contributed by atoms with E-state index in [4.69, 9.17) is 5.73 Å². The van der Waals surface area contributed by atoms with Crippen molar-refractivity contribution in [3.8, 4) is 0 Å². The van der Waals surface area contributed by atoms with Crippen LogP contribution < -0.4 is 5.73 Å². The van der Waals surface area contributed by atoms with Gasteiger partial charge in [0.2, 0.25) is 0 Å². The lowest BCUT2D eigenvalue weighted by Crippen LogP contribution is -2.23. The number of halogens is 2. The van der Waals surface area contributed by atoms with E-state index in [-0.39, 0.29) is 5.82 Å². The standard InChI is InChI=1S/C18H20BrFN2/c19-18-7-6-16(20)8-14(18)10-22-11-15(9-21)17(12-22)13-4-2-1-3-5-13/h1-8,15,17H,9-12,21H2/t15-,17+/m1/s1. The molecular weight excluding hydrogens is 343 g/mol. The Morgan fingerprint density at radius 2 is 1.91 bits per heavy atom. The molecule has 1 fully saturated rings. The molecule has 2 N–H and O–H groups in total. The Bertz CT molecular complexity index is 632. The summed E-state index contributed by atoms with van der Waals surface area (Å²) in [4.78, 5) is 2.37. The Kier molecular flexibility index (Phi) is 4.91. The summed E-state index contributed by atoms with van der Waals surface area (Å²) in [5.74, 6) is 0.723. The van der Waals surface area contributed by atoms with Gasteiger partial charge in [-0.05, 0) is 41.8 Å². The number of hydrogen-bond acceptors (Lipinski definition) is 2. The molecular formula is C18H20BrFN2. The van der Waals surface area contributed by atoms with Crippen molar-refractivity contribution in [2.75, 3.05) is 19.6 Å². The lowest BCUT2D eigenvalue weighted by Gasteiger charge is -2.17. The van der Waals surface area contributed by atoms with Crippen molar-refractivity contribution in [3.63, 3.8) is 0 Å². The van der Waals surface area contributed by atoms with Gasteiger partial charge in [-0.25, -0.2) is 4.39 Å². The van der Waals surface area contributed by atoms with Crippen LogP contribution in [0.25, 0.3) is 0 Å². The minimum absolute atomic E-state index is 0.188. The summed E-state index contributed by atoms with van der Waals surface area (Å²) in [6.45, 7) is 3.35. The molecule has 0 unspecified atom stereocenters. The first-order chi connectivity index (χ1) is 10.7. The van der Waals surface area contributed by atoms with Crippen molar-refractivity contribution in [2.45, 2.75) is 12.5 Å². The number of rotatable bonds is 4. The first-order valence-corrected chi connectivity index (χ1v) is 8.38. The number of nitrogens with two attached hydrogens (primary N) is 1. The van der Waals surface area contributed by atoms with Crippen molar-refractivity contribution in [1.82, 2.24) is 4.90 Å². The van der Waals surface area contributed by atoms with Crippen LogP contribution in [-0.2, 0) is 6.54 Å². The average Bonchev–Trinajstić information content (AvgIpc) is 2.95. The van der Waals surface area contributed by atoms with Crippen LogP contribution in [0.2, 0.25) is 0 Å². The lowest BCUT2D eigenvalue weighted by atomic mass is 9.89. The van der Waals surface area contributed by atoms with Crippen LogP contribution in [0.15, 0.2) is 53.0 Å². The number of nitrogens with zero attached hydrogens (tertiary/aromatic N) is 1. The summed E-state index contributed by atoms with van der Waals surface area (Å²) >= 11 is 3.51. The lowest BCUT2D eigenvalue weighted by molar-refractivity contribution is 0.316. The summed E-state index contributed by atoms with van der Waals surface area (Å²) < 4.78 is 14.4. The normalized spacial score (nSPS) is 22.1. The molecule has 1 aliphatic heterocycles. The minimum Gasteiger partial charge on any atom is -0.330 e. The van der Waals surface area contributed by atoms with E-state index in [0.29, 0.717) is 18.4 Å². The van der Waals surface area contributed by atoms with Crippen molar-refractivity contribution in [3.05, 3.63) is 69.9 Å². The second kappa shape index (κ2) is 6.90. The van der Waals surface area contributed by atoms with Gasteiger partial charge in [0.15, 0.2) is 0 Å². The van der Waals surface area contributed by atoms with Crippen molar-refractivity contribution in [2.24, 2.45) is 11.7 Å². The van der Waals surface area contributed by atoms with Crippen LogP contribution in [0.3, 0.4) is 0 Å². The zero-order chi connectivity index (χ0) is 15.5. The largest absolute Gasteiger partial charge is 0.330 e. The predicted octanol–water partition coefficient (Wildman–Crippen LogP) is 3.76. The van der Waals surface area contributed by atoms with Crippen molar-refractivity contribution < 1.29 is 4.39 Å². The summed E-state index contributed by atoms with van der Waals surface area (Å²) in [5.41, 5.74) is 8.31. The zero-order valence-corrected chi connectivity index (χ0v) is 14.0. The van der Waals surface area contributed by atoms with E-state index in [1.165, 1.54) is 11.6 Å². The van der Waals surface area contributed by atoms with E-state index in [0.717, 1.165) is 29.7 Å². The molecule has 1 heterocycles. The fourth-order valence-electron chi connectivity index (χ4n) is 3.31. The third kappa shape index (κ3) is 3.40. The smallest absolute Gasteiger partial charge is 0.123 e. The van der Waals surface area contributed by atoms with Gasteiger partial charge in [0, 0.05) is 30.0 Å². The van der Waals surface area contributed by atoms with Gasteiger partial charge in [-0.1, -0.05) is 46.3 Å². The molecule has 3 rings (SSSR count). The Hall–Kier alpha value is -1.23. The van der Waals surface area contributed by atoms with Crippen LogP contribution in [0.5, 0.6) is 0 Å². The minimum atomic E-state index is -0.188. The highest BCUT2D eigenvalue weighted by Gasteiger charge is 2.32. The van der Waals surface area contributed by atoms with Gasteiger partial charge in [0.05, 0.1) is 0 Å². The van der Waals surface area contributed by atoms with Crippen LogP contribution >= 0.6 is 15.9 Å². The molecule has 2 nitrogen and oxygen atoms in total. The third-order valence-electron chi connectivity index (χ3n) is 4.45. The molecule has 4 heteroatoms. The van der Waals surface area contributed by atoms with Gasteiger partial charge in [-0.2, -0.15) is 0 Å². The molecule has 0 saturated carbocycles. The third-order valence-corrected chi connectivity index (χ3v) is 5.22. The highest BCUT2D eigenvalue weighted by atomic mass is 79.9. The van der Waals surface area contributed by atoms with Crippen LogP contribution in [-0.4, -0.2) is 24.5 Å². The van der Waals surface area contributed by atoms with E-state index in [9.17, 15) is 4.39 Å². The van der Waals surface area contributed by atoms with Gasteiger partial charge in [0.25, 0.3) is 0 Å². The molecule has 2 atom stereocenters. The maximum atomic E-state index is 13.4. The quantitative estimate of drug-likeness (QED) is 0.896. The molecule has 0 amide bonds. The first kappa shape index (κ1) is 15.7. The maximum Gasteiger partial charge on any atom is 0.123 e. The van der Waals surface area contributed by atoms with Gasteiger partial charge in [-0.3, -0.25) is 4.90 Å². The molecule has 2 aromatic rings. The summed E-state index contributed by atoms with van der Waals surface area (Å²) in [6, 6.07) is 15.4. The predicted molar refractivity (Wildman–Crippen MR) is 91.1 cm³/mol. The molecule has 0 aliphatic carbocycles. The van der Waals surface area contributed by atoms with E-state index < -0.39 is 0 Å². The Morgan fingerprint density at radius 1 is 1.14 bits per heavy atom. The molecule has 0 bridgehead atoms. The molecule has 1 saturated heterocycles. The summed E-state index contributed by atoms with van der Waals surface area (Å²) in [5, 5.41) is 0. The van der Waals surface area contributed by atoms with Crippen LogP contribution in [0.1, 0.15) is 17.0 Å². The fourth-order valence-corrected chi connectivity index (χ4v) is 3.68. The van der Waals surface area contributed by atoms with Crippen LogP contribution in [0, 0.1) is 11.7 Å². The van der Waals surface area contributed by atoms with Gasteiger partial charge < -0.3 is 5.73 Å². The van der Waals surface area contributed by atoms with Gasteiger partial charge in [0.1, 0.15) is 5.82 Å². The van der Waals surface area contributed by atoms with Crippen molar-refractivity contribution >= 4 is 15.9 Å². The van der Waals surface area contributed by atoms with E-state index in [1.54, 1.807) is 12.1 Å². The van der Waals surface area contributed by atoms with Crippen LogP contribution in [0.4, 0.5) is 4.39 Å². The molecule has 0 spiro atoms. The van der Waals surface area contributed by atoms with Gasteiger partial charge >= 0.3 is 0 Å². The topological polar surface area (TPSA) is 29.3 Å². The monoisotopic (exact) mass is 362 g/mol. The number of hydrogen-bond donors (Lipinski definition) is 1. The Labute approximate surface area is 139 Å². The SMILES string of the molecule is NC[C@@H]1CN(Cc2cc(F)ccc2Br)C[C@H]1c1ccccc1. The number of benzene rings is 2. The summed E-state index contributed by atoms with van der Waals surface area (Å²) in [6.07, 6.45) is 0. The number of likely N-dealkylation sites (tertiary alicyclic amines) is 1. The van der Waals surface area contributed by atoms with E-state index >= 15 is 0 Å². The summed E-state index contributed by atoms with van der Waals surface area (Å²) in [7, 11) is 0.